The predicted molar refractivity (Wildman–Crippen MR) is 71.1 cm³/mol. The Morgan fingerprint density at radius 3 is 2.44 bits per heavy atom. The summed E-state index contributed by atoms with van der Waals surface area (Å²) in [6.45, 7) is 0. The van der Waals surface area contributed by atoms with Crippen LogP contribution in [0.4, 0.5) is 0 Å². The van der Waals surface area contributed by atoms with Gasteiger partial charge < -0.3 is 16.2 Å². The number of carbonyl (C=O) groups is 2. The number of hydrogen-bond acceptors (Lipinski definition) is 5. The second-order valence-electron chi connectivity index (χ2n) is 3.71. The van der Waals surface area contributed by atoms with E-state index in [-0.39, 0.29) is 0 Å². The highest BCUT2D eigenvalue weighted by molar-refractivity contribution is 7.98. The topological polar surface area (TPSA) is 95.4 Å². The third kappa shape index (κ3) is 4.38. The first kappa shape index (κ1) is 14.5. The minimum atomic E-state index is -0.607. The van der Waals surface area contributed by atoms with Crippen LogP contribution in [0.3, 0.4) is 0 Å². The molecule has 6 heteroatoms. The number of nitrogens with two attached hydrogens (primary N) is 2. The summed E-state index contributed by atoms with van der Waals surface area (Å²) in [4.78, 5) is 21.9. The molecule has 4 N–H and O–H groups in total. The van der Waals surface area contributed by atoms with Gasteiger partial charge in [0.05, 0.1) is 7.11 Å². The van der Waals surface area contributed by atoms with Gasteiger partial charge in [-0.05, 0) is 17.7 Å². The van der Waals surface area contributed by atoms with Crippen LogP contribution in [0, 0.1) is 0 Å². The Morgan fingerprint density at radius 2 is 1.94 bits per heavy atom. The summed E-state index contributed by atoms with van der Waals surface area (Å²) >= 11 is 1.53. The first-order chi connectivity index (χ1) is 8.54. The van der Waals surface area contributed by atoms with Crippen LogP contribution in [0.15, 0.2) is 24.3 Å². The van der Waals surface area contributed by atoms with Gasteiger partial charge in [-0.15, -0.1) is 0 Å². The Morgan fingerprint density at radius 1 is 1.33 bits per heavy atom. The fraction of sp³-hybridized carbons (Fsp3) is 0.333. The standard InChI is InChI=1S/C12H16N2O3S/c1-17-12(16)10(13)7-18-6-8-2-4-9(5-3-8)11(14)15/h2-5,10H,6-7,13H2,1H3,(H2,14,15). The van der Waals surface area contributed by atoms with Crippen LogP contribution >= 0.6 is 11.8 Å². The van der Waals surface area contributed by atoms with E-state index in [0.717, 1.165) is 5.56 Å². The summed E-state index contributed by atoms with van der Waals surface area (Å²) in [7, 11) is 1.31. The molecule has 0 radical (unpaired) electrons. The maximum atomic E-state index is 11.1. The van der Waals surface area contributed by atoms with E-state index in [1.54, 1.807) is 12.1 Å². The normalized spacial score (nSPS) is 11.9. The monoisotopic (exact) mass is 268 g/mol. The van der Waals surface area contributed by atoms with E-state index in [1.165, 1.54) is 18.9 Å². The molecule has 0 aliphatic heterocycles. The number of amides is 1. The molecule has 1 unspecified atom stereocenters. The van der Waals surface area contributed by atoms with E-state index in [1.807, 2.05) is 12.1 Å². The maximum absolute atomic E-state index is 11.1. The zero-order valence-corrected chi connectivity index (χ0v) is 10.9. The molecule has 0 fully saturated rings. The number of hydrogen-bond donors (Lipinski definition) is 2. The Bertz CT molecular complexity index is 420. The van der Waals surface area contributed by atoms with Gasteiger partial charge in [0.1, 0.15) is 6.04 Å². The lowest BCUT2D eigenvalue weighted by Crippen LogP contribution is -2.33. The quantitative estimate of drug-likeness (QED) is 0.733. The lowest BCUT2D eigenvalue weighted by atomic mass is 10.1. The van der Waals surface area contributed by atoms with Gasteiger partial charge in [0.2, 0.25) is 5.91 Å². The SMILES string of the molecule is COC(=O)C(N)CSCc1ccc(C(N)=O)cc1. The van der Waals surface area contributed by atoms with Gasteiger partial charge >= 0.3 is 5.97 Å². The van der Waals surface area contributed by atoms with Gasteiger partial charge in [0, 0.05) is 17.1 Å². The number of primary amides is 1. The zero-order chi connectivity index (χ0) is 13.5. The van der Waals surface area contributed by atoms with Crippen molar-refractivity contribution in [3.8, 4) is 0 Å². The molecule has 1 aromatic carbocycles. The molecule has 0 aromatic heterocycles. The van der Waals surface area contributed by atoms with Crippen LogP contribution in [0.2, 0.25) is 0 Å². The van der Waals surface area contributed by atoms with Gasteiger partial charge in [-0.2, -0.15) is 11.8 Å². The second-order valence-corrected chi connectivity index (χ2v) is 4.74. The zero-order valence-electron chi connectivity index (χ0n) is 10.1. The fourth-order valence-electron chi connectivity index (χ4n) is 1.29. The first-order valence-electron chi connectivity index (χ1n) is 5.34. The van der Waals surface area contributed by atoms with Crippen LogP contribution < -0.4 is 11.5 Å². The summed E-state index contributed by atoms with van der Waals surface area (Å²) in [6.07, 6.45) is 0. The van der Waals surface area contributed by atoms with Crippen molar-refractivity contribution in [3.63, 3.8) is 0 Å². The molecular formula is C12H16N2O3S. The average molecular weight is 268 g/mol. The van der Waals surface area contributed by atoms with Crippen molar-refractivity contribution in [1.29, 1.82) is 0 Å². The number of benzene rings is 1. The van der Waals surface area contributed by atoms with Crippen molar-refractivity contribution in [2.45, 2.75) is 11.8 Å². The van der Waals surface area contributed by atoms with Crippen molar-refractivity contribution < 1.29 is 14.3 Å². The van der Waals surface area contributed by atoms with Crippen molar-refractivity contribution in [3.05, 3.63) is 35.4 Å². The summed E-state index contributed by atoms with van der Waals surface area (Å²) in [5, 5.41) is 0. The number of esters is 1. The number of rotatable bonds is 6. The Hall–Kier alpha value is -1.53. The van der Waals surface area contributed by atoms with Crippen molar-refractivity contribution in [2.75, 3.05) is 12.9 Å². The molecule has 1 amide bonds. The van der Waals surface area contributed by atoms with E-state index in [9.17, 15) is 9.59 Å². The molecule has 0 aliphatic carbocycles. The predicted octanol–water partition coefficient (Wildman–Crippen LogP) is 0.519. The van der Waals surface area contributed by atoms with Crippen molar-refractivity contribution in [2.24, 2.45) is 11.5 Å². The molecule has 0 spiro atoms. The summed E-state index contributed by atoms with van der Waals surface area (Å²) in [5.74, 6) is 0.349. The minimum absolute atomic E-state index is 0.411. The molecule has 1 rings (SSSR count). The van der Waals surface area contributed by atoms with Crippen LogP contribution in [0.5, 0.6) is 0 Å². The third-order valence-corrected chi connectivity index (χ3v) is 3.44. The lowest BCUT2D eigenvalue weighted by molar-refractivity contribution is -0.141. The lowest BCUT2D eigenvalue weighted by Gasteiger charge is -2.08. The molecule has 5 nitrogen and oxygen atoms in total. The molecule has 0 bridgehead atoms. The smallest absolute Gasteiger partial charge is 0.323 e. The number of thioether (sulfide) groups is 1. The van der Waals surface area contributed by atoms with Gasteiger partial charge in [0.15, 0.2) is 0 Å². The van der Waals surface area contributed by atoms with E-state index in [2.05, 4.69) is 4.74 Å². The number of ether oxygens (including phenoxy) is 1. The maximum Gasteiger partial charge on any atom is 0.323 e. The van der Waals surface area contributed by atoms with E-state index in [4.69, 9.17) is 11.5 Å². The molecule has 0 saturated carbocycles. The van der Waals surface area contributed by atoms with E-state index >= 15 is 0 Å². The minimum Gasteiger partial charge on any atom is -0.468 e. The largest absolute Gasteiger partial charge is 0.468 e. The van der Waals surface area contributed by atoms with Gasteiger partial charge in [-0.3, -0.25) is 9.59 Å². The molecule has 0 heterocycles. The van der Waals surface area contributed by atoms with Crippen molar-refractivity contribution in [1.82, 2.24) is 0 Å². The second kappa shape index (κ2) is 7.03. The van der Waals surface area contributed by atoms with Gasteiger partial charge in [-0.1, -0.05) is 12.1 Å². The van der Waals surface area contributed by atoms with Crippen LogP contribution in [0.25, 0.3) is 0 Å². The molecule has 1 atom stereocenters. The molecule has 1 aromatic rings. The van der Waals surface area contributed by atoms with Crippen molar-refractivity contribution >= 4 is 23.6 Å². The summed E-state index contributed by atoms with van der Waals surface area (Å²) < 4.78 is 4.53. The van der Waals surface area contributed by atoms with Gasteiger partial charge in [-0.25, -0.2) is 0 Å². The van der Waals surface area contributed by atoms with E-state index < -0.39 is 17.9 Å². The summed E-state index contributed by atoms with van der Waals surface area (Å²) in [6, 6.07) is 6.41. The molecule has 0 saturated heterocycles. The van der Waals surface area contributed by atoms with Crippen LogP contribution in [-0.2, 0) is 15.3 Å². The average Bonchev–Trinajstić information content (AvgIpc) is 2.38. The van der Waals surface area contributed by atoms with Crippen LogP contribution in [-0.4, -0.2) is 30.8 Å². The molecule has 0 aliphatic rings. The third-order valence-electron chi connectivity index (χ3n) is 2.31. The van der Waals surface area contributed by atoms with E-state index in [0.29, 0.717) is 17.1 Å². The summed E-state index contributed by atoms with van der Waals surface area (Å²) in [5.41, 5.74) is 12.3. The molecular weight excluding hydrogens is 252 g/mol. The highest BCUT2D eigenvalue weighted by Crippen LogP contribution is 2.14. The Labute approximate surface area is 110 Å². The Balaban J connectivity index is 2.40. The number of carbonyl (C=O) groups excluding carboxylic acids is 2. The highest BCUT2D eigenvalue weighted by atomic mass is 32.2. The number of methoxy groups -OCH3 is 1. The first-order valence-corrected chi connectivity index (χ1v) is 6.50. The Kier molecular flexibility index (Phi) is 5.67. The molecule has 18 heavy (non-hydrogen) atoms. The van der Waals surface area contributed by atoms with Gasteiger partial charge in [0.25, 0.3) is 0 Å². The molecule has 98 valence electrons. The fourth-order valence-corrected chi connectivity index (χ4v) is 2.22. The van der Waals surface area contributed by atoms with Crippen LogP contribution in [0.1, 0.15) is 15.9 Å². The highest BCUT2D eigenvalue weighted by Gasteiger charge is 2.13.